The van der Waals surface area contributed by atoms with Crippen LogP contribution in [0.2, 0.25) is 0 Å². The van der Waals surface area contributed by atoms with E-state index in [-0.39, 0.29) is 18.8 Å². The number of likely N-dealkylation sites (tertiary alicyclic amines) is 1. The van der Waals surface area contributed by atoms with Gasteiger partial charge in [0.25, 0.3) is 0 Å². The molecule has 2 heterocycles. The number of piperidine rings is 1. The number of hydrogen-bond donors (Lipinski definition) is 1. The lowest BCUT2D eigenvalue weighted by molar-refractivity contribution is 0.0414. The van der Waals surface area contributed by atoms with E-state index in [1.807, 2.05) is 30.3 Å². The summed E-state index contributed by atoms with van der Waals surface area (Å²) >= 11 is 0. The van der Waals surface area contributed by atoms with Crippen molar-refractivity contribution in [2.45, 2.75) is 24.7 Å². The van der Waals surface area contributed by atoms with Gasteiger partial charge in [0, 0.05) is 25.3 Å². The molecule has 1 amide bonds. The molecule has 114 valence electrons. The van der Waals surface area contributed by atoms with Crippen molar-refractivity contribution >= 4 is 11.8 Å². The summed E-state index contributed by atoms with van der Waals surface area (Å²) in [4.78, 5) is 15.7. The van der Waals surface area contributed by atoms with Crippen LogP contribution in [0.15, 0.2) is 30.3 Å². The molecule has 21 heavy (non-hydrogen) atoms. The number of para-hydroxylation sites is 1. The molecule has 0 radical (unpaired) electrons. The van der Waals surface area contributed by atoms with Crippen molar-refractivity contribution in [1.29, 1.82) is 0 Å². The lowest BCUT2D eigenvalue weighted by Gasteiger charge is -2.40. The molecule has 6 heteroatoms. The van der Waals surface area contributed by atoms with Gasteiger partial charge < -0.3 is 10.5 Å². The van der Waals surface area contributed by atoms with Gasteiger partial charge in [-0.05, 0) is 25.0 Å². The second kappa shape index (κ2) is 5.61. The lowest BCUT2D eigenvalue weighted by Crippen LogP contribution is -2.54. The van der Waals surface area contributed by atoms with Crippen LogP contribution in [0.5, 0.6) is 0 Å². The Bertz CT molecular complexity index is 503. The van der Waals surface area contributed by atoms with Crippen LogP contribution < -0.4 is 10.6 Å². The molecule has 0 spiro atoms. The van der Waals surface area contributed by atoms with Gasteiger partial charge >= 0.3 is 6.09 Å². The number of halogens is 1. The highest BCUT2D eigenvalue weighted by atomic mass is 19.1. The largest absolute Gasteiger partial charge is 0.445 e. The zero-order valence-electron chi connectivity index (χ0n) is 11.9. The third-order valence-electron chi connectivity index (χ3n) is 4.37. The van der Waals surface area contributed by atoms with Crippen LogP contribution in [0.25, 0.3) is 0 Å². The standard InChI is InChI=1S/C15H20FN3O2/c16-15(11-17)6-8-18(9-7-15)13-10-21-14(20)19(13)12-4-2-1-3-5-12/h1-5,13H,6-11,17H2. The number of amides is 1. The summed E-state index contributed by atoms with van der Waals surface area (Å²) in [5, 5.41) is 0. The van der Waals surface area contributed by atoms with E-state index < -0.39 is 5.67 Å². The highest BCUT2D eigenvalue weighted by molar-refractivity contribution is 5.90. The van der Waals surface area contributed by atoms with E-state index in [1.54, 1.807) is 4.90 Å². The quantitative estimate of drug-likeness (QED) is 0.922. The van der Waals surface area contributed by atoms with Crippen molar-refractivity contribution in [3.05, 3.63) is 30.3 Å². The van der Waals surface area contributed by atoms with Crippen molar-refractivity contribution in [3.63, 3.8) is 0 Å². The maximum atomic E-state index is 14.2. The molecule has 0 aliphatic carbocycles. The third kappa shape index (κ3) is 2.73. The first-order valence-electron chi connectivity index (χ1n) is 7.27. The number of ether oxygens (including phenoxy) is 1. The minimum Gasteiger partial charge on any atom is -0.445 e. The topological polar surface area (TPSA) is 58.8 Å². The Morgan fingerprint density at radius 2 is 1.95 bits per heavy atom. The van der Waals surface area contributed by atoms with E-state index in [2.05, 4.69) is 4.90 Å². The summed E-state index contributed by atoms with van der Waals surface area (Å²) in [6, 6.07) is 9.43. The molecule has 1 aromatic carbocycles. The number of anilines is 1. The van der Waals surface area contributed by atoms with Crippen LogP contribution in [0.1, 0.15) is 12.8 Å². The number of carbonyl (C=O) groups excluding carboxylic acids is 1. The first-order valence-corrected chi connectivity index (χ1v) is 7.27. The van der Waals surface area contributed by atoms with Crippen molar-refractivity contribution in [3.8, 4) is 0 Å². The maximum Gasteiger partial charge on any atom is 0.415 e. The highest BCUT2D eigenvalue weighted by Crippen LogP contribution is 2.30. The number of alkyl halides is 1. The van der Waals surface area contributed by atoms with Crippen molar-refractivity contribution in [1.82, 2.24) is 4.90 Å². The normalized spacial score (nSPS) is 25.9. The molecule has 1 unspecified atom stereocenters. The van der Waals surface area contributed by atoms with E-state index in [1.165, 1.54) is 0 Å². The Kier molecular flexibility index (Phi) is 3.82. The summed E-state index contributed by atoms with van der Waals surface area (Å²) in [5.41, 5.74) is 5.03. The molecule has 2 N–H and O–H groups in total. The van der Waals surface area contributed by atoms with E-state index in [0.717, 1.165) is 5.69 Å². The number of hydrogen-bond acceptors (Lipinski definition) is 4. The molecule has 0 aromatic heterocycles. The molecular formula is C15H20FN3O2. The van der Waals surface area contributed by atoms with Gasteiger partial charge in [-0.1, -0.05) is 18.2 Å². The number of nitrogens with two attached hydrogens (primary N) is 1. The number of rotatable bonds is 3. The number of carbonyl (C=O) groups is 1. The average molecular weight is 293 g/mol. The first kappa shape index (κ1) is 14.3. The predicted molar refractivity (Wildman–Crippen MR) is 77.8 cm³/mol. The monoisotopic (exact) mass is 293 g/mol. The molecule has 0 saturated carbocycles. The fraction of sp³-hybridized carbons (Fsp3) is 0.533. The Balaban J connectivity index is 1.75. The average Bonchev–Trinajstić information content (AvgIpc) is 2.91. The molecule has 1 aromatic rings. The Morgan fingerprint density at radius 1 is 1.29 bits per heavy atom. The number of nitrogens with zero attached hydrogens (tertiary/aromatic N) is 2. The molecule has 1 atom stereocenters. The van der Waals surface area contributed by atoms with Gasteiger partial charge in [0.05, 0.1) is 0 Å². The molecule has 2 fully saturated rings. The minimum atomic E-state index is -1.27. The highest BCUT2D eigenvalue weighted by Gasteiger charge is 2.42. The Hall–Kier alpha value is -1.66. The molecule has 0 bridgehead atoms. The minimum absolute atomic E-state index is 0.0589. The zero-order valence-corrected chi connectivity index (χ0v) is 11.9. The van der Waals surface area contributed by atoms with E-state index in [9.17, 15) is 9.18 Å². The van der Waals surface area contributed by atoms with Gasteiger partial charge in [-0.2, -0.15) is 0 Å². The van der Waals surface area contributed by atoms with Crippen molar-refractivity contribution in [2.75, 3.05) is 31.1 Å². The molecule has 2 aliphatic rings. The SMILES string of the molecule is NCC1(F)CCN(C2COC(=O)N2c2ccccc2)CC1. The van der Waals surface area contributed by atoms with Crippen molar-refractivity contribution < 1.29 is 13.9 Å². The van der Waals surface area contributed by atoms with Gasteiger partial charge in [0.15, 0.2) is 0 Å². The second-order valence-corrected chi connectivity index (χ2v) is 5.65. The van der Waals surface area contributed by atoms with Crippen LogP contribution in [0, 0.1) is 0 Å². The van der Waals surface area contributed by atoms with E-state index >= 15 is 0 Å². The summed E-state index contributed by atoms with van der Waals surface area (Å²) in [5.74, 6) is 0. The molecule has 2 aliphatic heterocycles. The molecule has 3 rings (SSSR count). The second-order valence-electron chi connectivity index (χ2n) is 5.65. The predicted octanol–water partition coefficient (Wildman–Crippen LogP) is 1.73. The summed E-state index contributed by atoms with van der Waals surface area (Å²) in [6.45, 7) is 1.54. The van der Waals surface area contributed by atoms with E-state index in [0.29, 0.717) is 32.5 Å². The van der Waals surface area contributed by atoms with E-state index in [4.69, 9.17) is 10.5 Å². The fourth-order valence-electron chi connectivity index (χ4n) is 2.97. The summed E-state index contributed by atoms with van der Waals surface area (Å²) < 4.78 is 19.4. The number of benzene rings is 1. The summed E-state index contributed by atoms with van der Waals surface area (Å²) in [6.07, 6.45) is 0.289. The lowest BCUT2D eigenvalue weighted by atomic mass is 9.93. The van der Waals surface area contributed by atoms with Crippen LogP contribution >= 0.6 is 0 Å². The first-order chi connectivity index (χ1) is 10.1. The fourth-order valence-corrected chi connectivity index (χ4v) is 2.97. The van der Waals surface area contributed by atoms with Crippen LogP contribution in [0.4, 0.5) is 14.9 Å². The van der Waals surface area contributed by atoms with Crippen LogP contribution in [-0.2, 0) is 4.74 Å². The van der Waals surface area contributed by atoms with Crippen molar-refractivity contribution in [2.24, 2.45) is 5.73 Å². The molecule has 2 saturated heterocycles. The number of cyclic esters (lactones) is 1. The van der Waals surface area contributed by atoms with Gasteiger partial charge in [-0.25, -0.2) is 9.18 Å². The van der Waals surface area contributed by atoms with Gasteiger partial charge in [-0.15, -0.1) is 0 Å². The Labute approximate surface area is 123 Å². The Morgan fingerprint density at radius 3 is 2.57 bits per heavy atom. The summed E-state index contributed by atoms with van der Waals surface area (Å²) in [7, 11) is 0. The van der Waals surface area contributed by atoms with Crippen LogP contribution in [0.3, 0.4) is 0 Å². The molecule has 5 nitrogen and oxygen atoms in total. The van der Waals surface area contributed by atoms with Gasteiger partial charge in [0.1, 0.15) is 18.4 Å². The van der Waals surface area contributed by atoms with Crippen LogP contribution in [-0.4, -0.2) is 49.1 Å². The smallest absolute Gasteiger partial charge is 0.415 e. The third-order valence-corrected chi connectivity index (χ3v) is 4.37. The maximum absolute atomic E-state index is 14.2. The van der Waals surface area contributed by atoms with Gasteiger partial charge in [-0.3, -0.25) is 9.80 Å². The zero-order chi connectivity index (χ0) is 14.9. The molecular weight excluding hydrogens is 273 g/mol. The van der Waals surface area contributed by atoms with Gasteiger partial charge in [0.2, 0.25) is 0 Å².